The Kier molecular flexibility index (Phi) is 11.9. The van der Waals surface area contributed by atoms with Gasteiger partial charge in [0.25, 0.3) is 0 Å². The summed E-state index contributed by atoms with van der Waals surface area (Å²) in [6.45, 7) is 3.98. The number of carbonyl (C=O) groups excluding carboxylic acids is 1. The number of hydrogen-bond acceptors (Lipinski definition) is 3. The highest BCUT2D eigenvalue weighted by Gasteiger charge is 2.01. The molecule has 1 unspecified atom stereocenters. The molecule has 0 aromatic carbocycles. The van der Waals surface area contributed by atoms with E-state index in [-0.39, 0.29) is 5.97 Å². The zero-order chi connectivity index (χ0) is 15.2. The number of allylic oxidation sites excluding steroid dienone is 2. The van der Waals surface area contributed by atoms with Crippen molar-refractivity contribution in [2.45, 2.75) is 65.2 Å². The first-order chi connectivity index (χ1) is 9.52. The van der Waals surface area contributed by atoms with Gasteiger partial charge < -0.3 is 9.84 Å². The smallest absolute Gasteiger partial charge is 0.303 e. The van der Waals surface area contributed by atoms with Crippen LogP contribution < -0.4 is 0 Å². The highest BCUT2D eigenvalue weighted by Crippen LogP contribution is 2.09. The van der Waals surface area contributed by atoms with E-state index in [9.17, 15) is 9.59 Å². The molecule has 0 amide bonds. The van der Waals surface area contributed by atoms with E-state index in [4.69, 9.17) is 9.84 Å². The fourth-order valence-corrected chi connectivity index (χ4v) is 1.84. The standard InChI is InChI=1S/C16H28O4/c1-14(13-20-15(2)17)11-9-7-5-3-4-6-8-10-12-16(18)19/h7,9,14H,3-6,8,10-13H2,1-2H3,(H,18,19)/b9-7+. The fourth-order valence-electron chi connectivity index (χ4n) is 1.84. The number of rotatable bonds is 12. The third-order valence-corrected chi connectivity index (χ3v) is 3.04. The van der Waals surface area contributed by atoms with Crippen molar-refractivity contribution in [2.24, 2.45) is 5.92 Å². The van der Waals surface area contributed by atoms with Gasteiger partial charge in [0.15, 0.2) is 0 Å². The second kappa shape index (κ2) is 12.7. The van der Waals surface area contributed by atoms with E-state index in [1.807, 2.05) is 0 Å². The van der Waals surface area contributed by atoms with Gasteiger partial charge in [-0.15, -0.1) is 0 Å². The summed E-state index contributed by atoms with van der Waals surface area (Å²) in [5.74, 6) is -0.550. The molecule has 0 saturated heterocycles. The van der Waals surface area contributed by atoms with E-state index in [0.717, 1.165) is 44.9 Å². The molecule has 0 aliphatic rings. The van der Waals surface area contributed by atoms with Crippen LogP contribution in [0.2, 0.25) is 0 Å². The van der Waals surface area contributed by atoms with Crippen LogP contribution in [0.5, 0.6) is 0 Å². The Morgan fingerprint density at radius 2 is 1.75 bits per heavy atom. The van der Waals surface area contributed by atoms with E-state index < -0.39 is 5.97 Å². The molecule has 0 bridgehead atoms. The third kappa shape index (κ3) is 14.7. The molecule has 20 heavy (non-hydrogen) atoms. The molecule has 116 valence electrons. The van der Waals surface area contributed by atoms with Crippen molar-refractivity contribution in [3.8, 4) is 0 Å². The first-order valence-electron chi connectivity index (χ1n) is 7.52. The summed E-state index contributed by atoms with van der Waals surface area (Å²) in [6.07, 6.45) is 11.9. The van der Waals surface area contributed by atoms with Crippen molar-refractivity contribution in [1.29, 1.82) is 0 Å². The molecule has 4 nitrogen and oxygen atoms in total. The molecule has 4 heteroatoms. The monoisotopic (exact) mass is 284 g/mol. The predicted octanol–water partition coefficient (Wildman–Crippen LogP) is 3.95. The van der Waals surface area contributed by atoms with Gasteiger partial charge >= 0.3 is 11.9 Å². The first-order valence-corrected chi connectivity index (χ1v) is 7.52. The van der Waals surface area contributed by atoms with Crippen LogP contribution in [0.1, 0.15) is 65.2 Å². The highest BCUT2D eigenvalue weighted by molar-refractivity contribution is 5.66. The normalized spacial score (nSPS) is 12.5. The third-order valence-electron chi connectivity index (χ3n) is 3.04. The van der Waals surface area contributed by atoms with Gasteiger partial charge in [-0.2, -0.15) is 0 Å². The van der Waals surface area contributed by atoms with Crippen molar-refractivity contribution >= 4 is 11.9 Å². The Labute approximate surface area is 122 Å². The lowest BCUT2D eigenvalue weighted by molar-refractivity contribution is -0.142. The molecule has 0 saturated carbocycles. The van der Waals surface area contributed by atoms with Gasteiger partial charge in [-0.25, -0.2) is 0 Å². The first kappa shape index (κ1) is 18.7. The van der Waals surface area contributed by atoms with Crippen LogP contribution in [-0.2, 0) is 14.3 Å². The zero-order valence-corrected chi connectivity index (χ0v) is 12.8. The van der Waals surface area contributed by atoms with E-state index in [1.54, 1.807) is 0 Å². The quantitative estimate of drug-likeness (QED) is 0.335. The Balaban J connectivity index is 3.31. The number of aliphatic carboxylic acids is 1. The Morgan fingerprint density at radius 1 is 1.10 bits per heavy atom. The number of esters is 1. The molecule has 0 aliphatic heterocycles. The summed E-state index contributed by atoms with van der Waals surface area (Å²) < 4.78 is 4.94. The molecule has 0 heterocycles. The summed E-state index contributed by atoms with van der Waals surface area (Å²) in [5, 5.41) is 8.49. The van der Waals surface area contributed by atoms with Crippen LogP contribution in [0.3, 0.4) is 0 Å². The fraction of sp³-hybridized carbons (Fsp3) is 0.750. The van der Waals surface area contributed by atoms with E-state index in [0.29, 0.717) is 18.9 Å². The van der Waals surface area contributed by atoms with Crippen molar-refractivity contribution < 1.29 is 19.4 Å². The van der Waals surface area contributed by atoms with Gasteiger partial charge in [0.05, 0.1) is 6.61 Å². The van der Waals surface area contributed by atoms with Crippen LogP contribution in [0, 0.1) is 5.92 Å². The number of hydrogen-bond donors (Lipinski definition) is 1. The molecular weight excluding hydrogens is 256 g/mol. The minimum absolute atomic E-state index is 0.219. The lowest BCUT2D eigenvalue weighted by Gasteiger charge is -2.07. The summed E-state index contributed by atoms with van der Waals surface area (Å²) in [6, 6.07) is 0. The number of ether oxygens (including phenoxy) is 1. The van der Waals surface area contributed by atoms with Crippen molar-refractivity contribution in [3.05, 3.63) is 12.2 Å². The zero-order valence-electron chi connectivity index (χ0n) is 12.8. The lowest BCUT2D eigenvalue weighted by atomic mass is 10.1. The van der Waals surface area contributed by atoms with Crippen molar-refractivity contribution in [3.63, 3.8) is 0 Å². The maximum absolute atomic E-state index is 10.6. The maximum Gasteiger partial charge on any atom is 0.303 e. The Morgan fingerprint density at radius 3 is 2.40 bits per heavy atom. The van der Waals surface area contributed by atoms with Gasteiger partial charge in [-0.1, -0.05) is 38.3 Å². The molecule has 0 aromatic rings. The van der Waals surface area contributed by atoms with E-state index in [2.05, 4.69) is 19.1 Å². The SMILES string of the molecule is CC(=O)OCC(C)C/C=C/CCCCCCCC(=O)O. The molecule has 0 aromatic heterocycles. The van der Waals surface area contributed by atoms with Gasteiger partial charge in [-0.3, -0.25) is 9.59 Å². The van der Waals surface area contributed by atoms with Gasteiger partial charge in [-0.05, 0) is 31.6 Å². The molecule has 1 atom stereocenters. The molecule has 0 rings (SSSR count). The Hall–Kier alpha value is -1.32. The second-order valence-corrected chi connectivity index (χ2v) is 5.32. The van der Waals surface area contributed by atoms with Gasteiger partial charge in [0, 0.05) is 13.3 Å². The maximum atomic E-state index is 10.6. The van der Waals surface area contributed by atoms with Crippen molar-refractivity contribution in [2.75, 3.05) is 6.61 Å². The summed E-state index contributed by atoms with van der Waals surface area (Å²) in [4.78, 5) is 20.9. The lowest BCUT2D eigenvalue weighted by Crippen LogP contribution is -2.08. The van der Waals surface area contributed by atoms with E-state index in [1.165, 1.54) is 6.92 Å². The number of unbranched alkanes of at least 4 members (excludes halogenated alkanes) is 5. The van der Waals surface area contributed by atoms with Gasteiger partial charge in [0.1, 0.15) is 0 Å². The van der Waals surface area contributed by atoms with Crippen LogP contribution in [0.15, 0.2) is 12.2 Å². The Bertz CT molecular complexity index is 297. The minimum Gasteiger partial charge on any atom is -0.481 e. The number of carboxylic acids is 1. The number of carbonyl (C=O) groups is 2. The summed E-state index contributed by atoms with van der Waals surface area (Å²) in [7, 11) is 0. The second-order valence-electron chi connectivity index (χ2n) is 5.32. The average molecular weight is 284 g/mol. The van der Waals surface area contributed by atoms with E-state index >= 15 is 0 Å². The molecule has 0 spiro atoms. The van der Waals surface area contributed by atoms with Crippen LogP contribution >= 0.6 is 0 Å². The molecular formula is C16H28O4. The molecule has 0 radical (unpaired) electrons. The van der Waals surface area contributed by atoms with Crippen molar-refractivity contribution in [1.82, 2.24) is 0 Å². The largest absolute Gasteiger partial charge is 0.481 e. The summed E-state index contributed by atoms with van der Waals surface area (Å²) >= 11 is 0. The highest BCUT2D eigenvalue weighted by atomic mass is 16.5. The van der Waals surface area contributed by atoms with Crippen LogP contribution in [0.25, 0.3) is 0 Å². The summed E-state index contributed by atoms with van der Waals surface area (Å²) in [5.41, 5.74) is 0. The predicted molar refractivity (Wildman–Crippen MR) is 79.5 cm³/mol. The van der Waals surface area contributed by atoms with Crippen LogP contribution in [0.4, 0.5) is 0 Å². The molecule has 1 N–H and O–H groups in total. The molecule has 0 fully saturated rings. The minimum atomic E-state index is -0.698. The van der Waals surface area contributed by atoms with Crippen LogP contribution in [-0.4, -0.2) is 23.7 Å². The molecule has 0 aliphatic carbocycles. The average Bonchev–Trinajstić information content (AvgIpc) is 2.38. The number of carboxylic acid groups (broad SMARTS) is 1. The topological polar surface area (TPSA) is 63.6 Å². The van der Waals surface area contributed by atoms with Gasteiger partial charge in [0.2, 0.25) is 0 Å².